The minimum Gasteiger partial charge on any atom is -0.355 e. The van der Waals surface area contributed by atoms with Crippen LogP contribution in [0.25, 0.3) is 159 Å². The average Bonchev–Trinajstić information content (AvgIpc) is 1.60. The van der Waals surface area contributed by atoms with Gasteiger partial charge in [-0.15, -0.1) is 0 Å². The van der Waals surface area contributed by atoms with E-state index in [1.165, 1.54) is 132 Å². The van der Waals surface area contributed by atoms with Gasteiger partial charge in [-0.25, -0.2) is 4.39 Å². The van der Waals surface area contributed by atoms with E-state index >= 15 is 0 Å². The third-order valence-electron chi connectivity index (χ3n) is 18.5. The van der Waals surface area contributed by atoms with Crippen LogP contribution in [-0.2, 0) is 0 Å². The smallest absolute Gasteiger partial charge is 0.126 e. The summed E-state index contributed by atoms with van der Waals surface area (Å²) < 4.78 is 27.2. The van der Waals surface area contributed by atoms with Crippen LogP contribution in [-0.4, -0.2) is 27.8 Å². The van der Waals surface area contributed by atoms with Crippen LogP contribution in [0.4, 0.5) is 4.39 Å². The van der Waals surface area contributed by atoms with Crippen molar-refractivity contribution in [1.29, 1.82) is 0 Å². The lowest BCUT2D eigenvalue weighted by molar-refractivity contribution is 0.626. The number of H-pyrrole nitrogens is 1. The van der Waals surface area contributed by atoms with Crippen molar-refractivity contribution in [1.82, 2.24) is 27.8 Å². The highest BCUT2D eigenvalue weighted by Crippen LogP contribution is 2.41. The molecule has 0 spiro atoms. The predicted molar refractivity (Wildman–Crippen MR) is 396 cm³/mol. The molecule has 0 fully saturated rings. The number of halogens is 3. The standard InChI is InChI=1S/C42H26BrN3.C24H16N2.C18H11BrFN/c43-27-23-29(45-39-18-8-3-13-33(39)34-14-4-9-19-40(34)45)25-30(24-27)46-41-20-10-5-15-35(41)36-26-28(21-22-42(36)46)44-37-16-6-1-11-31(37)32-12-2-7-17-38(32)44;1-4-10-21-17(7-1)20-15-16(13-14-22(20)25-21)26-23-11-5-2-8-18(23)19-9-3-6-12-24(19)26;19-12-9-13(20)11-14(10-12)21-17-7-3-1-5-15(17)16-6-2-4-8-18(16)21/h1-26H;1-15,25H;1-11H. The summed E-state index contributed by atoms with van der Waals surface area (Å²) >= 11 is 7.27. The maximum Gasteiger partial charge on any atom is 0.126 e. The lowest BCUT2D eigenvalue weighted by Crippen LogP contribution is -1.99. The fraction of sp³-hybridized carbons (Fsp3) is 0. The summed E-state index contributed by atoms with van der Waals surface area (Å²) in [6, 6.07) is 111. The number of para-hydroxylation sites is 10. The highest BCUT2D eigenvalue weighted by atomic mass is 79.9. The topological polar surface area (TPSA) is 40.4 Å². The SMILES string of the molecule is Brc1cc(-n2c3ccccc3c3ccccc32)cc(-n2c3ccccc3c3cc(-n4c5ccccc5c5ccccc54)ccc32)c1.Fc1cc(Br)cc(-n2c3ccccc3c3ccccc32)c1.c1ccc2c(c1)[nH]c1ccc(-n3c4ccccc4c4ccccc43)cc12. The minimum absolute atomic E-state index is 0.249. The van der Waals surface area contributed by atoms with Gasteiger partial charge in [0.1, 0.15) is 5.82 Å². The van der Waals surface area contributed by atoms with E-state index < -0.39 is 0 Å². The van der Waals surface area contributed by atoms with Crippen LogP contribution in [0, 0.1) is 5.82 Å². The molecule has 0 amide bonds. The number of nitrogens with zero attached hydrogens (tertiary/aromatic N) is 5. The molecule has 0 aliphatic heterocycles. The number of benzene rings is 14. The third-order valence-corrected chi connectivity index (χ3v) is 19.4. The van der Waals surface area contributed by atoms with Gasteiger partial charge in [0.05, 0.1) is 60.9 Å². The Kier molecular flexibility index (Phi) is 12.9. The van der Waals surface area contributed by atoms with E-state index in [1.54, 1.807) is 6.07 Å². The van der Waals surface area contributed by atoms with Crippen LogP contribution in [0.15, 0.2) is 324 Å². The average molecular weight is 1330 g/mol. The molecule has 93 heavy (non-hydrogen) atoms. The van der Waals surface area contributed by atoms with Crippen molar-refractivity contribution in [3.63, 3.8) is 0 Å². The molecule has 1 N–H and O–H groups in total. The second-order valence-electron chi connectivity index (χ2n) is 23.7. The van der Waals surface area contributed by atoms with Crippen LogP contribution in [0.2, 0.25) is 0 Å². The Labute approximate surface area is 549 Å². The summed E-state index contributed by atoms with van der Waals surface area (Å²) in [5.74, 6) is -0.249. The molecule has 0 bridgehead atoms. The first-order valence-electron chi connectivity index (χ1n) is 31.1. The molecule has 6 heterocycles. The predicted octanol–water partition coefficient (Wildman–Crippen LogP) is 23.8. The van der Waals surface area contributed by atoms with Gasteiger partial charge >= 0.3 is 0 Å². The number of hydrogen-bond acceptors (Lipinski definition) is 0. The Balaban J connectivity index is 0.000000114. The zero-order valence-electron chi connectivity index (χ0n) is 49.9. The molecule has 0 aliphatic carbocycles. The van der Waals surface area contributed by atoms with Crippen molar-refractivity contribution in [2.75, 3.05) is 0 Å². The first-order chi connectivity index (χ1) is 45.9. The maximum atomic E-state index is 13.8. The summed E-state index contributed by atoms with van der Waals surface area (Å²) in [6.07, 6.45) is 0. The van der Waals surface area contributed by atoms with Gasteiger partial charge in [-0.3, -0.25) is 0 Å². The molecule has 0 aliphatic rings. The van der Waals surface area contributed by atoms with E-state index in [0.29, 0.717) is 0 Å². The zero-order chi connectivity index (χ0) is 61.8. The highest BCUT2D eigenvalue weighted by molar-refractivity contribution is 9.10. The number of fused-ring (bicyclic) bond motifs is 18. The second kappa shape index (κ2) is 22.0. The lowest BCUT2D eigenvalue weighted by Gasteiger charge is -2.14. The summed E-state index contributed by atoms with van der Waals surface area (Å²) in [5, 5.41) is 15.0. The van der Waals surface area contributed by atoms with Crippen molar-refractivity contribution in [2.24, 2.45) is 0 Å². The molecule has 20 aromatic rings. The quantitative estimate of drug-likeness (QED) is 0.178. The van der Waals surface area contributed by atoms with Crippen molar-refractivity contribution < 1.29 is 4.39 Å². The van der Waals surface area contributed by atoms with Crippen LogP contribution < -0.4 is 0 Å². The molecule has 0 atom stereocenters. The van der Waals surface area contributed by atoms with Crippen molar-refractivity contribution in [3.8, 4) is 28.4 Å². The van der Waals surface area contributed by atoms with E-state index in [2.05, 4.69) is 333 Å². The van der Waals surface area contributed by atoms with E-state index in [9.17, 15) is 4.39 Å². The van der Waals surface area contributed by atoms with E-state index in [1.807, 2.05) is 30.3 Å². The molecule has 6 aromatic heterocycles. The molecule has 0 saturated carbocycles. The zero-order valence-corrected chi connectivity index (χ0v) is 53.1. The number of hydrogen-bond donors (Lipinski definition) is 1. The Hall–Kier alpha value is -11.2. The Morgan fingerprint density at radius 2 is 0.462 bits per heavy atom. The molecule has 440 valence electrons. The normalized spacial score (nSPS) is 11.8. The van der Waals surface area contributed by atoms with Gasteiger partial charge in [0.25, 0.3) is 0 Å². The summed E-state index contributed by atoms with van der Waals surface area (Å²) in [4.78, 5) is 3.52. The molecule has 0 unspecified atom stereocenters. The first kappa shape index (κ1) is 54.7. The Bertz CT molecular complexity index is 6160. The molecule has 0 saturated heterocycles. The van der Waals surface area contributed by atoms with Gasteiger partial charge in [0.2, 0.25) is 0 Å². The van der Waals surface area contributed by atoms with Crippen LogP contribution in [0.1, 0.15) is 0 Å². The van der Waals surface area contributed by atoms with Crippen LogP contribution >= 0.6 is 31.9 Å². The Morgan fingerprint density at radius 1 is 0.204 bits per heavy atom. The van der Waals surface area contributed by atoms with Gasteiger partial charge < -0.3 is 27.8 Å². The molecule has 0 radical (unpaired) electrons. The van der Waals surface area contributed by atoms with Crippen LogP contribution in [0.3, 0.4) is 0 Å². The van der Waals surface area contributed by atoms with Crippen molar-refractivity contribution >= 4 is 163 Å². The van der Waals surface area contributed by atoms with Crippen molar-refractivity contribution in [2.45, 2.75) is 0 Å². The molecular weight excluding hydrogens is 1270 g/mol. The van der Waals surface area contributed by atoms with Crippen molar-refractivity contribution in [3.05, 3.63) is 330 Å². The summed E-state index contributed by atoms with van der Waals surface area (Å²) in [5.41, 5.74) is 19.6. The Morgan fingerprint density at radius 3 is 0.828 bits per heavy atom. The highest BCUT2D eigenvalue weighted by Gasteiger charge is 2.20. The molecule has 9 heteroatoms. The second-order valence-corrected chi connectivity index (χ2v) is 25.6. The number of aromatic nitrogens is 6. The third kappa shape index (κ3) is 8.94. The fourth-order valence-corrected chi connectivity index (χ4v) is 15.6. The summed E-state index contributed by atoms with van der Waals surface area (Å²) in [7, 11) is 0. The van der Waals surface area contributed by atoms with E-state index in [0.717, 1.165) is 42.7 Å². The van der Waals surface area contributed by atoms with E-state index in [-0.39, 0.29) is 5.82 Å². The van der Waals surface area contributed by atoms with Gasteiger partial charge in [-0.2, -0.15) is 0 Å². The summed E-state index contributed by atoms with van der Waals surface area (Å²) in [6.45, 7) is 0. The van der Waals surface area contributed by atoms with Gasteiger partial charge in [0, 0.05) is 107 Å². The lowest BCUT2D eigenvalue weighted by atomic mass is 10.1. The van der Waals surface area contributed by atoms with Gasteiger partial charge in [0.15, 0.2) is 0 Å². The van der Waals surface area contributed by atoms with Gasteiger partial charge in [-0.05, 0) is 133 Å². The molecule has 20 rings (SSSR count). The fourth-order valence-electron chi connectivity index (χ4n) is 14.6. The minimum atomic E-state index is -0.249. The monoisotopic (exact) mass is 1320 g/mol. The maximum absolute atomic E-state index is 13.8. The number of nitrogens with one attached hydrogen (secondary N) is 1. The van der Waals surface area contributed by atoms with Gasteiger partial charge in [-0.1, -0.05) is 214 Å². The number of aromatic amines is 1. The number of rotatable bonds is 5. The first-order valence-corrected chi connectivity index (χ1v) is 32.7. The molecule has 6 nitrogen and oxygen atoms in total. The largest absolute Gasteiger partial charge is 0.355 e. The van der Waals surface area contributed by atoms with E-state index in [4.69, 9.17) is 0 Å². The molecular formula is C84H53Br2FN6. The van der Waals surface area contributed by atoms with Crippen LogP contribution in [0.5, 0.6) is 0 Å². The molecule has 14 aromatic carbocycles.